The lowest BCUT2D eigenvalue weighted by molar-refractivity contribution is -0.181. The monoisotopic (exact) mass is 574 g/mol. The van der Waals surface area contributed by atoms with Crippen LogP contribution in [0.1, 0.15) is 98.8 Å². The molecule has 8 nitrogen and oxygen atoms in total. The Morgan fingerprint density at radius 1 is 0.805 bits per heavy atom. The number of hydrogen-bond donors (Lipinski definition) is 0. The largest absolute Gasteiger partial charge is 0.456 e. The minimum atomic E-state index is -0.590. The number of rotatable bonds is 12. The van der Waals surface area contributed by atoms with E-state index < -0.39 is 23.9 Å². The van der Waals surface area contributed by atoms with Gasteiger partial charge in [-0.1, -0.05) is 40.9 Å². The van der Waals surface area contributed by atoms with Gasteiger partial charge in [0.25, 0.3) is 0 Å². The molecule has 8 atom stereocenters. The molecule has 4 aliphatic carbocycles. The van der Waals surface area contributed by atoms with Crippen LogP contribution in [0.2, 0.25) is 0 Å². The van der Waals surface area contributed by atoms with Gasteiger partial charge in [0.05, 0.1) is 0 Å². The zero-order chi connectivity index (χ0) is 30.4. The van der Waals surface area contributed by atoms with Gasteiger partial charge in [0.15, 0.2) is 13.2 Å². The summed E-state index contributed by atoms with van der Waals surface area (Å²) in [7, 11) is 0. The van der Waals surface area contributed by atoms with Gasteiger partial charge in [0.2, 0.25) is 0 Å². The first-order valence-electron chi connectivity index (χ1n) is 15.5. The van der Waals surface area contributed by atoms with Gasteiger partial charge in [-0.15, -0.1) is 0 Å². The summed E-state index contributed by atoms with van der Waals surface area (Å²) in [4.78, 5) is 46.4. The number of hydrogen-bond acceptors (Lipinski definition) is 8. The van der Waals surface area contributed by atoms with Crippen LogP contribution in [0.3, 0.4) is 0 Å². The minimum Gasteiger partial charge on any atom is -0.456 e. The molecule has 0 heterocycles. The lowest BCUT2D eigenvalue weighted by Gasteiger charge is -2.41. The lowest BCUT2D eigenvalue weighted by Crippen LogP contribution is -2.46. The van der Waals surface area contributed by atoms with Gasteiger partial charge in [-0.25, -0.2) is 19.2 Å². The molecule has 4 fully saturated rings. The van der Waals surface area contributed by atoms with Crippen LogP contribution in [0.25, 0.3) is 0 Å². The number of ether oxygens (including phenoxy) is 4. The molecule has 0 aromatic heterocycles. The van der Waals surface area contributed by atoms with Gasteiger partial charge < -0.3 is 18.9 Å². The quantitative estimate of drug-likeness (QED) is 0.156. The highest BCUT2D eigenvalue weighted by molar-refractivity contribution is 5.88. The van der Waals surface area contributed by atoms with Gasteiger partial charge in [-0.3, -0.25) is 0 Å². The highest BCUT2D eigenvalue weighted by atomic mass is 16.6. The molecule has 0 amide bonds. The smallest absolute Gasteiger partial charge is 0.344 e. The SMILES string of the molecule is C=C(C)C(=O)OCC(=O)OC1(C(C)CC)CC2CCC1C2.C=CC(=O)OCC(=O)OC1(C(C)CC)CC2CCC1C2. The van der Waals surface area contributed by atoms with Crippen LogP contribution in [0, 0.1) is 35.5 Å². The fourth-order valence-corrected chi connectivity index (χ4v) is 7.91. The Morgan fingerprint density at radius 3 is 1.56 bits per heavy atom. The van der Waals surface area contributed by atoms with Crippen molar-refractivity contribution in [1.29, 1.82) is 0 Å². The average molecular weight is 575 g/mol. The van der Waals surface area contributed by atoms with Crippen LogP contribution in [0.15, 0.2) is 24.8 Å². The van der Waals surface area contributed by atoms with Gasteiger partial charge in [-0.05, 0) is 107 Å². The Hall–Kier alpha value is -2.64. The van der Waals surface area contributed by atoms with E-state index in [0.29, 0.717) is 41.1 Å². The van der Waals surface area contributed by atoms with Crippen molar-refractivity contribution in [2.75, 3.05) is 13.2 Å². The molecule has 0 aromatic carbocycles. The summed E-state index contributed by atoms with van der Waals surface area (Å²) in [6.45, 7) is 16.3. The van der Waals surface area contributed by atoms with Crippen LogP contribution in [-0.4, -0.2) is 48.3 Å². The summed E-state index contributed by atoms with van der Waals surface area (Å²) in [5, 5.41) is 0. The number of carbonyl (C=O) groups excluding carboxylic acids is 4. The standard InChI is InChI=1S/C17H26O4.C16H24O4/c1-5-12(4)17(9-13-6-7-14(17)8-13)21-15(18)10-20-16(19)11(2)3;1-4-11(3)16(9-12-6-7-13(16)8-12)20-15(18)10-19-14(17)5-2/h12-14H,2,5-10H2,1,3-4H3;5,11-13H,2,4,6-10H2,1,3H3. The van der Waals surface area contributed by atoms with Crippen molar-refractivity contribution in [1.82, 2.24) is 0 Å². The van der Waals surface area contributed by atoms with E-state index in [4.69, 9.17) is 18.9 Å². The van der Waals surface area contributed by atoms with E-state index in [1.54, 1.807) is 6.92 Å². The number of carbonyl (C=O) groups is 4. The topological polar surface area (TPSA) is 105 Å². The van der Waals surface area contributed by atoms with Gasteiger partial charge in [0, 0.05) is 11.6 Å². The molecule has 0 aromatic rings. The van der Waals surface area contributed by atoms with Crippen molar-refractivity contribution >= 4 is 23.9 Å². The van der Waals surface area contributed by atoms with Crippen molar-refractivity contribution in [3.8, 4) is 0 Å². The van der Waals surface area contributed by atoms with Gasteiger partial charge >= 0.3 is 23.9 Å². The summed E-state index contributed by atoms with van der Waals surface area (Å²) in [5.41, 5.74) is -0.390. The highest BCUT2D eigenvalue weighted by Gasteiger charge is 2.57. The van der Waals surface area contributed by atoms with E-state index in [0.717, 1.165) is 44.6 Å². The van der Waals surface area contributed by atoms with Gasteiger partial charge in [0.1, 0.15) is 11.2 Å². The summed E-state index contributed by atoms with van der Waals surface area (Å²) in [6, 6.07) is 0. The second kappa shape index (κ2) is 14.0. The second-order valence-electron chi connectivity index (χ2n) is 12.8. The van der Waals surface area contributed by atoms with E-state index in [1.807, 2.05) is 0 Å². The molecule has 0 N–H and O–H groups in total. The maximum atomic E-state index is 12.1. The first kappa shape index (κ1) is 32.9. The molecule has 41 heavy (non-hydrogen) atoms. The third-order valence-electron chi connectivity index (χ3n) is 10.3. The fourth-order valence-electron chi connectivity index (χ4n) is 7.91. The summed E-state index contributed by atoms with van der Waals surface area (Å²) in [6.07, 6.45) is 12.1. The van der Waals surface area contributed by atoms with E-state index in [-0.39, 0.29) is 24.4 Å². The molecule has 4 rings (SSSR count). The predicted molar refractivity (Wildman–Crippen MR) is 154 cm³/mol. The third kappa shape index (κ3) is 7.42. The maximum absolute atomic E-state index is 12.1. The van der Waals surface area contributed by atoms with Crippen molar-refractivity contribution in [3.63, 3.8) is 0 Å². The van der Waals surface area contributed by atoms with Crippen LogP contribution in [-0.2, 0) is 38.1 Å². The van der Waals surface area contributed by atoms with Crippen LogP contribution in [0.5, 0.6) is 0 Å². The van der Waals surface area contributed by atoms with Crippen molar-refractivity contribution in [2.45, 2.75) is 110 Å². The van der Waals surface area contributed by atoms with Crippen LogP contribution in [0.4, 0.5) is 0 Å². The molecule has 0 spiro atoms. The van der Waals surface area contributed by atoms with E-state index >= 15 is 0 Å². The zero-order valence-electron chi connectivity index (χ0n) is 25.7. The number of fused-ring (bicyclic) bond motifs is 4. The van der Waals surface area contributed by atoms with Gasteiger partial charge in [-0.2, -0.15) is 0 Å². The Kier molecular flexibility index (Phi) is 11.2. The molecule has 0 aliphatic heterocycles. The zero-order valence-corrected chi connectivity index (χ0v) is 25.7. The van der Waals surface area contributed by atoms with Crippen molar-refractivity contribution < 1.29 is 38.1 Å². The Morgan fingerprint density at radius 2 is 1.24 bits per heavy atom. The molecule has 0 radical (unpaired) electrons. The van der Waals surface area contributed by atoms with E-state index in [1.165, 1.54) is 25.7 Å². The molecular weight excluding hydrogens is 524 g/mol. The Labute approximate surface area is 245 Å². The van der Waals surface area contributed by atoms with E-state index in [9.17, 15) is 19.2 Å². The molecule has 4 bridgehead atoms. The molecule has 8 unspecified atom stereocenters. The van der Waals surface area contributed by atoms with Crippen LogP contribution >= 0.6 is 0 Å². The molecule has 4 aliphatic rings. The number of esters is 4. The molecular formula is C33H50O8. The highest BCUT2D eigenvalue weighted by Crippen LogP contribution is 2.57. The second-order valence-corrected chi connectivity index (χ2v) is 12.8. The lowest BCUT2D eigenvalue weighted by atomic mass is 9.74. The molecule has 4 saturated carbocycles. The summed E-state index contributed by atoms with van der Waals surface area (Å²) in [5.74, 6) is 1.01. The Balaban J connectivity index is 0.000000226. The minimum absolute atomic E-state index is 0.291. The summed E-state index contributed by atoms with van der Waals surface area (Å²) >= 11 is 0. The molecule has 8 heteroatoms. The van der Waals surface area contributed by atoms with Crippen molar-refractivity contribution in [3.05, 3.63) is 24.8 Å². The van der Waals surface area contributed by atoms with E-state index in [2.05, 4.69) is 40.9 Å². The Bertz CT molecular complexity index is 1000. The summed E-state index contributed by atoms with van der Waals surface area (Å²) < 4.78 is 21.4. The molecule has 0 saturated heterocycles. The third-order valence-corrected chi connectivity index (χ3v) is 10.3. The predicted octanol–water partition coefficient (Wildman–Crippen LogP) is 6.12. The first-order chi connectivity index (χ1) is 19.4. The maximum Gasteiger partial charge on any atom is 0.344 e. The average Bonchev–Trinajstić information content (AvgIpc) is 3.76. The van der Waals surface area contributed by atoms with Crippen LogP contribution < -0.4 is 0 Å². The first-order valence-corrected chi connectivity index (χ1v) is 15.5. The van der Waals surface area contributed by atoms with Crippen molar-refractivity contribution in [2.24, 2.45) is 35.5 Å². The molecule has 230 valence electrons. The fraction of sp³-hybridized carbons (Fsp3) is 0.758. The normalized spacial score (nSPS) is 32.2.